The van der Waals surface area contributed by atoms with Crippen molar-refractivity contribution in [1.29, 1.82) is 0 Å². The van der Waals surface area contributed by atoms with Gasteiger partial charge in [-0.25, -0.2) is 0 Å². The van der Waals surface area contributed by atoms with E-state index in [1.54, 1.807) is 0 Å². The van der Waals surface area contributed by atoms with Crippen molar-refractivity contribution in [3.63, 3.8) is 0 Å². The summed E-state index contributed by atoms with van der Waals surface area (Å²) >= 11 is 0. The van der Waals surface area contributed by atoms with Gasteiger partial charge in [0.25, 0.3) is 0 Å². The molecule has 1 aliphatic rings. The summed E-state index contributed by atoms with van der Waals surface area (Å²) in [5, 5.41) is 0. The summed E-state index contributed by atoms with van der Waals surface area (Å²) in [6, 6.07) is 8.52. The lowest BCUT2D eigenvalue weighted by molar-refractivity contribution is 0.687. The van der Waals surface area contributed by atoms with Crippen LogP contribution in [0, 0.1) is 0 Å². The average molecular weight is 377 g/mol. The number of hydrogen-bond acceptors (Lipinski definition) is 2. The molecule has 3 heterocycles. The number of aromatic nitrogens is 2. The Bertz CT molecular complexity index is 921. The highest BCUT2D eigenvalue weighted by Gasteiger charge is 2.27. The van der Waals surface area contributed by atoms with E-state index in [0.717, 1.165) is 45.6 Å². The van der Waals surface area contributed by atoms with E-state index in [2.05, 4.69) is 87.9 Å². The SMILES string of the molecule is CC1=Cc2ccc([nH]2)C(C)(C)C(C)=NC(C)=Cc2ccc([nH]2)C(C)(C)C(C)=N1. The monoisotopic (exact) mass is 376 g/mol. The molecule has 28 heavy (non-hydrogen) atoms. The van der Waals surface area contributed by atoms with E-state index in [9.17, 15) is 0 Å². The maximum Gasteiger partial charge on any atom is 0.0427 e. The minimum Gasteiger partial charge on any atom is -0.358 e. The van der Waals surface area contributed by atoms with Crippen LogP contribution in [0.3, 0.4) is 0 Å². The molecule has 2 N–H and O–H groups in total. The molecule has 0 spiro atoms. The first-order valence-electron chi connectivity index (χ1n) is 9.87. The van der Waals surface area contributed by atoms with Gasteiger partial charge in [0.2, 0.25) is 0 Å². The number of fused-ring (bicyclic) bond motifs is 4. The zero-order valence-electron chi connectivity index (χ0n) is 18.4. The first-order valence-corrected chi connectivity index (χ1v) is 9.87. The Hall–Kier alpha value is -2.62. The lowest BCUT2D eigenvalue weighted by Gasteiger charge is -2.24. The maximum atomic E-state index is 4.89. The molecule has 2 aromatic rings. The molecule has 0 unspecified atom stereocenters. The molecule has 2 aromatic heterocycles. The third kappa shape index (κ3) is 3.82. The summed E-state index contributed by atoms with van der Waals surface area (Å²) in [6.45, 7) is 17.1. The number of hydrogen-bond donors (Lipinski definition) is 2. The molecule has 0 aliphatic carbocycles. The second-order valence-corrected chi connectivity index (χ2v) is 8.87. The van der Waals surface area contributed by atoms with Gasteiger partial charge in [-0.05, 0) is 91.8 Å². The van der Waals surface area contributed by atoms with Crippen LogP contribution < -0.4 is 0 Å². The fourth-order valence-corrected chi connectivity index (χ4v) is 3.43. The molecule has 0 saturated heterocycles. The minimum absolute atomic E-state index is 0.186. The van der Waals surface area contributed by atoms with Crippen LogP contribution in [0.15, 0.2) is 45.6 Å². The van der Waals surface area contributed by atoms with Crippen LogP contribution >= 0.6 is 0 Å². The van der Waals surface area contributed by atoms with E-state index >= 15 is 0 Å². The van der Waals surface area contributed by atoms with Gasteiger partial charge in [0.1, 0.15) is 0 Å². The van der Waals surface area contributed by atoms with Crippen LogP contribution in [0.25, 0.3) is 12.2 Å². The predicted molar refractivity (Wildman–Crippen MR) is 121 cm³/mol. The van der Waals surface area contributed by atoms with E-state index in [0.29, 0.717) is 0 Å². The van der Waals surface area contributed by atoms with Crippen molar-refractivity contribution in [2.75, 3.05) is 0 Å². The minimum atomic E-state index is -0.186. The van der Waals surface area contributed by atoms with E-state index in [1.807, 2.05) is 13.8 Å². The van der Waals surface area contributed by atoms with Crippen LogP contribution in [-0.4, -0.2) is 21.4 Å². The molecule has 0 aromatic carbocycles. The number of aromatic amines is 2. The highest BCUT2D eigenvalue weighted by molar-refractivity contribution is 5.94. The second kappa shape index (κ2) is 7.08. The van der Waals surface area contributed by atoms with E-state index in [1.165, 1.54) is 0 Å². The number of rotatable bonds is 0. The zero-order valence-corrected chi connectivity index (χ0v) is 18.4. The Morgan fingerprint density at radius 1 is 0.607 bits per heavy atom. The third-order valence-corrected chi connectivity index (χ3v) is 5.99. The zero-order chi connectivity index (χ0) is 20.7. The number of allylic oxidation sites excluding steroid dienone is 2. The van der Waals surface area contributed by atoms with Crippen LogP contribution in [0.2, 0.25) is 0 Å². The molecule has 0 saturated carbocycles. The van der Waals surface area contributed by atoms with Crippen LogP contribution in [0.1, 0.15) is 78.2 Å². The van der Waals surface area contributed by atoms with Gasteiger partial charge in [-0.15, -0.1) is 0 Å². The molecule has 0 fully saturated rings. The highest BCUT2D eigenvalue weighted by atomic mass is 14.8. The van der Waals surface area contributed by atoms with Crippen molar-refractivity contribution in [2.24, 2.45) is 9.98 Å². The van der Waals surface area contributed by atoms with Gasteiger partial charge in [0, 0.05) is 56.4 Å². The normalized spacial score (nSPS) is 19.4. The second-order valence-electron chi connectivity index (χ2n) is 8.87. The van der Waals surface area contributed by atoms with Crippen LogP contribution in [0.4, 0.5) is 0 Å². The fourth-order valence-electron chi connectivity index (χ4n) is 3.43. The molecule has 0 atom stereocenters. The number of aliphatic imine (C=N–C) groups is 2. The van der Waals surface area contributed by atoms with Crippen molar-refractivity contribution in [2.45, 2.75) is 66.2 Å². The van der Waals surface area contributed by atoms with E-state index < -0.39 is 0 Å². The molecule has 1 aliphatic heterocycles. The van der Waals surface area contributed by atoms with Gasteiger partial charge >= 0.3 is 0 Å². The maximum absolute atomic E-state index is 4.89. The molecular weight excluding hydrogens is 344 g/mol. The van der Waals surface area contributed by atoms with Gasteiger partial charge < -0.3 is 9.97 Å². The van der Waals surface area contributed by atoms with Crippen molar-refractivity contribution < 1.29 is 0 Å². The van der Waals surface area contributed by atoms with Gasteiger partial charge in [-0.1, -0.05) is 0 Å². The van der Waals surface area contributed by atoms with Gasteiger partial charge in [-0.2, -0.15) is 0 Å². The molecule has 148 valence electrons. The summed E-state index contributed by atoms with van der Waals surface area (Å²) in [5.41, 5.74) is 8.16. The Balaban J connectivity index is 2.20. The summed E-state index contributed by atoms with van der Waals surface area (Å²) < 4.78 is 0. The van der Waals surface area contributed by atoms with E-state index in [-0.39, 0.29) is 10.8 Å². The molecule has 4 heteroatoms. The van der Waals surface area contributed by atoms with Crippen LogP contribution in [-0.2, 0) is 10.8 Å². The van der Waals surface area contributed by atoms with Gasteiger partial charge in [0.05, 0.1) is 0 Å². The summed E-state index contributed by atoms with van der Waals surface area (Å²) in [7, 11) is 0. The lowest BCUT2D eigenvalue weighted by Crippen LogP contribution is -2.27. The van der Waals surface area contributed by atoms with Crippen molar-refractivity contribution in [1.82, 2.24) is 9.97 Å². The molecule has 0 amide bonds. The highest BCUT2D eigenvalue weighted by Crippen LogP contribution is 2.28. The topological polar surface area (TPSA) is 56.3 Å². The Kier molecular flexibility index (Phi) is 5.09. The molecule has 4 nitrogen and oxygen atoms in total. The quantitative estimate of drug-likeness (QED) is 0.545. The fraction of sp³-hybridized carbons (Fsp3) is 0.417. The smallest absolute Gasteiger partial charge is 0.0427 e. The molecule has 3 rings (SSSR count). The van der Waals surface area contributed by atoms with Crippen molar-refractivity contribution >= 4 is 23.6 Å². The van der Waals surface area contributed by atoms with Crippen molar-refractivity contribution in [3.8, 4) is 0 Å². The van der Waals surface area contributed by atoms with Crippen molar-refractivity contribution in [3.05, 3.63) is 58.4 Å². The molecular formula is C24H32N4. The van der Waals surface area contributed by atoms with Crippen LogP contribution in [0.5, 0.6) is 0 Å². The molecule has 0 radical (unpaired) electrons. The first-order chi connectivity index (χ1) is 13.0. The number of nitrogens with zero attached hydrogens (tertiary/aromatic N) is 2. The largest absolute Gasteiger partial charge is 0.358 e. The lowest BCUT2D eigenvalue weighted by atomic mass is 9.84. The molecule has 4 bridgehead atoms. The van der Waals surface area contributed by atoms with E-state index in [4.69, 9.17) is 9.98 Å². The standard InChI is InChI=1S/C24H32N4/c1-15-13-19-9-11-22(27-19)24(7,8)18(4)26-16(2)14-20-10-12-21(28-20)23(5,6)17(3)25-15/h9-14,27-28H,1-8H3. The van der Waals surface area contributed by atoms with Gasteiger partial charge in [-0.3, -0.25) is 9.98 Å². The number of nitrogens with one attached hydrogen (secondary N) is 2. The summed E-state index contributed by atoms with van der Waals surface area (Å²) in [6.07, 6.45) is 4.20. The van der Waals surface area contributed by atoms with Gasteiger partial charge in [0.15, 0.2) is 0 Å². The first kappa shape index (κ1) is 20.1. The predicted octanol–water partition coefficient (Wildman–Crippen LogP) is 6.26. The Morgan fingerprint density at radius 3 is 1.32 bits per heavy atom. The average Bonchev–Trinajstić information content (AvgIpc) is 3.23. The Morgan fingerprint density at radius 2 is 0.964 bits per heavy atom. The third-order valence-electron chi connectivity index (χ3n) is 5.99. The number of H-pyrrole nitrogens is 2. The Labute approximate surface area is 168 Å². The summed E-state index contributed by atoms with van der Waals surface area (Å²) in [5.74, 6) is 0. The summed E-state index contributed by atoms with van der Waals surface area (Å²) in [4.78, 5) is 16.9.